The second-order valence-corrected chi connectivity index (χ2v) is 4.34. The van der Waals surface area contributed by atoms with Crippen LogP contribution in [0.2, 0.25) is 0 Å². The molecule has 1 aromatic rings. The number of aryl methyl sites for hydroxylation is 2. The zero-order chi connectivity index (χ0) is 13.4. The molecule has 0 unspecified atom stereocenters. The monoisotopic (exact) mass is 247 g/mol. The van der Waals surface area contributed by atoms with Crippen molar-refractivity contribution in [2.45, 2.75) is 19.8 Å². The SMILES string of the molecule is C=CCN(CCO)C(=O)CCc1ccc(C)cc1. The highest BCUT2D eigenvalue weighted by molar-refractivity contribution is 5.76. The maximum absolute atomic E-state index is 11.9. The van der Waals surface area contributed by atoms with E-state index >= 15 is 0 Å². The van der Waals surface area contributed by atoms with Crippen molar-refractivity contribution in [1.82, 2.24) is 4.90 Å². The van der Waals surface area contributed by atoms with Crippen molar-refractivity contribution < 1.29 is 9.90 Å². The number of hydrogen-bond donors (Lipinski definition) is 1. The van der Waals surface area contributed by atoms with Crippen molar-refractivity contribution in [2.24, 2.45) is 0 Å². The fraction of sp³-hybridized carbons (Fsp3) is 0.400. The average molecular weight is 247 g/mol. The Hall–Kier alpha value is -1.61. The van der Waals surface area contributed by atoms with E-state index in [9.17, 15) is 4.79 Å². The van der Waals surface area contributed by atoms with Crippen LogP contribution in [-0.4, -0.2) is 35.6 Å². The van der Waals surface area contributed by atoms with Gasteiger partial charge in [-0.3, -0.25) is 4.79 Å². The molecular weight excluding hydrogens is 226 g/mol. The Balaban J connectivity index is 2.47. The topological polar surface area (TPSA) is 40.5 Å². The third-order valence-corrected chi connectivity index (χ3v) is 2.82. The first-order valence-electron chi connectivity index (χ1n) is 6.22. The van der Waals surface area contributed by atoms with Gasteiger partial charge in [0.05, 0.1) is 6.61 Å². The van der Waals surface area contributed by atoms with Gasteiger partial charge in [-0.15, -0.1) is 6.58 Å². The van der Waals surface area contributed by atoms with Crippen LogP contribution in [0.5, 0.6) is 0 Å². The lowest BCUT2D eigenvalue weighted by atomic mass is 10.1. The lowest BCUT2D eigenvalue weighted by Crippen LogP contribution is -2.33. The zero-order valence-electron chi connectivity index (χ0n) is 10.9. The molecule has 0 saturated heterocycles. The molecular formula is C15H21NO2. The van der Waals surface area contributed by atoms with Crippen LogP contribution in [0.1, 0.15) is 17.5 Å². The number of aliphatic hydroxyl groups excluding tert-OH is 1. The third kappa shape index (κ3) is 4.72. The molecule has 0 heterocycles. The van der Waals surface area contributed by atoms with E-state index in [1.54, 1.807) is 11.0 Å². The summed E-state index contributed by atoms with van der Waals surface area (Å²) in [5, 5.41) is 8.90. The van der Waals surface area contributed by atoms with Crippen LogP contribution in [0.4, 0.5) is 0 Å². The molecule has 1 N–H and O–H groups in total. The summed E-state index contributed by atoms with van der Waals surface area (Å²) >= 11 is 0. The van der Waals surface area contributed by atoms with Crippen LogP contribution >= 0.6 is 0 Å². The van der Waals surface area contributed by atoms with Gasteiger partial charge in [-0.05, 0) is 18.9 Å². The molecule has 1 rings (SSSR count). The number of carbonyl (C=O) groups is 1. The Labute approximate surface area is 109 Å². The molecule has 3 heteroatoms. The number of carbonyl (C=O) groups excluding carboxylic acids is 1. The molecule has 0 bridgehead atoms. The largest absolute Gasteiger partial charge is 0.395 e. The lowest BCUT2D eigenvalue weighted by molar-refractivity contribution is -0.131. The van der Waals surface area contributed by atoms with Gasteiger partial charge in [0, 0.05) is 19.5 Å². The van der Waals surface area contributed by atoms with Crippen molar-refractivity contribution in [3.05, 3.63) is 48.0 Å². The third-order valence-electron chi connectivity index (χ3n) is 2.82. The Kier molecular flexibility index (Phi) is 6.15. The highest BCUT2D eigenvalue weighted by Crippen LogP contribution is 2.07. The molecule has 0 spiro atoms. The minimum Gasteiger partial charge on any atom is -0.395 e. The summed E-state index contributed by atoms with van der Waals surface area (Å²) in [6.45, 7) is 6.52. The fourth-order valence-electron chi connectivity index (χ4n) is 1.76. The van der Waals surface area contributed by atoms with Crippen LogP contribution in [-0.2, 0) is 11.2 Å². The Bertz CT molecular complexity index is 384. The summed E-state index contributed by atoms with van der Waals surface area (Å²) in [7, 11) is 0. The second-order valence-electron chi connectivity index (χ2n) is 4.34. The summed E-state index contributed by atoms with van der Waals surface area (Å²) < 4.78 is 0. The predicted molar refractivity (Wildman–Crippen MR) is 73.4 cm³/mol. The Morgan fingerprint density at radius 3 is 2.61 bits per heavy atom. The molecule has 98 valence electrons. The van der Waals surface area contributed by atoms with Crippen LogP contribution in [0, 0.1) is 6.92 Å². The van der Waals surface area contributed by atoms with Crippen LogP contribution < -0.4 is 0 Å². The van der Waals surface area contributed by atoms with Gasteiger partial charge < -0.3 is 10.0 Å². The zero-order valence-corrected chi connectivity index (χ0v) is 10.9. The van der Waals surface area contributed by atoms with Gasteiger partial charge in [-0.1, -0.05) is 35.9 Å². The molecule has 18 heavy (non-hydrogen) atoms. The van der Waals surface area contributed by atoms with Crippen molar-refractivity contribution >= 4 is 5.91 Å². The molecule has 0 aliphatic carbocycles. The van der Waals surface area contributed by atoms with Gasteiger partial charge in [-0.2, -0.15) is 0 Å². The Morgan fingerprint density at radius 2 is 2.06 bits per heavy atom. The van der Waals surface area contributed by atoms with E-state index in [0.29, 0.717) is 19.5 Å². The number of rotatable bonds is 7. The number of amides is 1. The van der Waals surface area contributed by atoms with E-state index in [4.69, 9.17) is 5.11 Å². The minimum absolute atomic E-state index is 0.00981. The Morgan fingerprint density at radius 1 is 1.39 bits per heavy atom. The van der Waals surface area contributed by atoms with Crippen LogP contribution in [0.25, 0.3) is 0 Å². The highest BCUT2D eigenvalue weighted by Gasteiger charge is 2.11. The summed E-state index contributed by atoms with van der Waals surface area (Å²) in [5.74, 6) is 0.0597. The van der Waals surface area contributed by atoms with E-state index in [0.717, 1.165) is 12.0 Å². The quantitative estimate of drug-likeness (QED) is 0.748. The number of nitrogens with zero attached hydrogens (tertiary/aromatic N) is 1. The van der Waals surface area contributed by atoms with E-state index in [1.807, 2.05) is 19.1 Å². The van der Waals surface area contributed by atoms with Gasteiger partial charge in [0.2, 0.25) is 5.91 Å². The average Bonchev–Trinajstić information content (AvgIpc) is 2.37. The molecule has 1 amide bonds. The van der Waals surface area contributed by atoms with Gasteiger partial charge >= 0.3 is 0 Å². The number of aliphatic hydroxyl groups is 1. The first-order valence-corrected chi connectivity index (χ1v) is 6.22. The summed E-state index contributed by atoms with van der Waals surface area (Å²) in [6.07, 6.45) is 2.88. The minimum atomic E-state index is -0.00981. The summed E-state index contributed by atoms with van der Waals surface area (Å²) in [5.41, 5.74) is 2.38. The molecule has 0 radical (unpaired) electrons. The second kappa shape index (κ2) is 7.67. The molecule has 0 aromatic heterocycles. The van der Waals surface area contributed by atoms with Gasteiger partial charge in [0.1, 0.15) is 0 Å². The van der Waals surface area contributed by atoms with E-state index in [-0.39, 0.29) is 12.5 Å². The van der Waals surface area contributed by atoms with Gasteiger partial charge in [0.25, 0.3) is 0 Å². The normalized spacial score (nSPS) is 10.1. The standard InChI is InChI=1S/C15H21NO2/c1-3-10-16(11-12-17)15(18)9-8-14-6-4-13(2)5-7-14/h3-7,17H,1,8-12H2,2H3. The van der Waals surface area contributed by atoms with Gasteiger partial charge in [-0.25, -0.2) is 0 Å². The summed E-state index contributed by atoms with van der Waals surface area (Å²) in [4.78, 5) is 13.6. The molecule has 0 saturated carbocycles. The maximum Gasteiger partial charge on any atom is 0.223 e. The lowest BCUT2D eigenvalue weighted by Gasteiger charge is -2.19. The highest BCUT2D eigenvalue weighted by atomic mass is 16.3. The first-order chi connectivity index (χ1) is 8.67. The number of benzene rings is 1. The van der Waals surface area contributed by atoms with E-state index < -0.39 is 0 Å². The summed E-state index contributed by atoms with van der Waals surface area (Å²) in [6, 6.07) is 8.20. The fourth-order valence-corrected chi connectivity index (χ4v) is 1.76. The van der Waals surface area contributed by atoms with Crippen LogP contribution in [0.3, 0.4) is 0 Å². The molecule has 0 fully saturated rings. The molecule has 0 aliphatic rings. The number of hydrogen-bond acceptors (Lipinski definition) is 2. The van der Waals surface area contributed by atoms with E-state index in [2.05, 4.69) is 18.7 Å². The van der Waals surface area contributed by atoms with E-state index in [1.165, 1.54) is 5.56 Å². The van der Waals surface area contributed by atoms with Crippen molar-refractivity contribution in [1.29, 1.82) is 0 Å². The predicted octanol–water partition coefficient (Wildman–Crippen LogP) is 1.93. The van der Waals surface area contributed by atoms with Crippen molar-refractivity contribution in [3.63, 3.8) is 0 Å². The molecule has 0 aliphatic heterocycles. The van der Waals surface area contributed by atoms with Crippen molar-refractivity contribution in [3.8, 4) is 0 Å². The molecule has 1 aromatic carbocycles. The maximum atomic E-state index is 11.9. The van der Waals surface area contributed by atoms with Gasteiger partial charge in [0.15, 0.2) is 0 Å². The molecule has 0 atom stereocenters. The smallest absolute Gasteiger partial charge is 0.223 e. The first kappa shape index (κ1) is 14.5. The van der Waals surface area contributed by atoms with Crippen LogP contribution in [0.15, 0.2) is 36.9 Å². The van der Waals surface area contributed by atoms with Crippen molar-refractivity contribution in [2.75, 3.05) is 19.7 Å². The molecule has 3 nitrogen and oxygen atoms in total.